The molecule has 18 heavy (non-hydrogen) atoms. The van der Waals surface area contributed by atoms with E-state index in [1.54, 1.807) is 7.11 Å². The maximum absolute atomic E-state index is 5.36. The number of nitrogens with one attached hydrogen (secondary N) is 1. The molecule has 3 heteroatoms. The third kappa shape index (κ3) is 2.99. The molecule has 3 nitrogen and oxygen atoms in total. The first kappa shape index (κ1) is 12.8. The van der Waals surface area contributed by atoms with Crippen molar-refractivity contribution in [1.29, 1.82) is 0 Å². The van der Waals surface area contributed by atoms with Crippen LogP contribution >= 0.6 is 0 Å². The van der Waals surface area contributed by atoms with E-state index in [1.165, 1.54) is 0 Å². The van der Waals surface area contributed by atoms with Crippen molar-refractivity contribution in [2.24, 2.45) is 0 Å². The van der Waals surface area contributed by atoms with Crippen LogP contribution in [-0.2, 0) is 6.54 Å². The molecular formula is C15H20N2O. The second-order valence-electron chi connectivity index (χ2n) is 5.45. The number of hydrogen-bond donors (Lipinski definition) is 1. The maximum Gasteiger partial charge on any atom is 0.221 e. The summed E-state index contributed by atoms with van der Waals surface area (Å²) in [5.41, 5.74) is 1.08. The molecule has 1 N–H and O–H groups in total. The minimum Gasteiger partial charge on any atom is -0.481 e. The number of fused-ring (bicyclic) bond motifs is 1. The lowest BCUT2D eigenvalue weighted by molar-refractivity contribution is 0.394. The second kappa shape index (κ2) is 4.94. The molecule has 0 amide bonds. The van der Waals surface area contributed by atoms with Crippen LogP contribution in [0.5, 0.6) is 5.88 Å². The van der Waals surface area contributed by atoms with Gasteiger partial charge in [0, 0.05) is 17.5 Å². The molecule has 1 aromatic heterocycles. The maximum atomic E-state index is 5.36. The summed E-state index contributed by atoms with van der Waals surface area (Å²) in [6, 6.07) is 10.3. The van der Waals surface area contributed by atoms with Gasteiger partial charge in [0.05, 0.1) is 12.8 Å². The van der Waals surface area contributed by atoms with Crippen LogP contribution in [0.3, 0.4) is 0 Å². The minimum absolute atomic E-state index is 0.0839. The number of pyridine rings is 1. The Kier molecular flexibility index (Phi) is 3.53. The highest BCUT2D eigenvalue weighted by Crippen LogP contribution is 2.24. The average molecular weight is 244 g/mol. The van der Waals surface area contributed by atoms with Crippen LogP contribution in [0, 0.1) is 0 Å². The first-order valence-corrected chi connectivity index (χ1v) is 6.17. The smallest absolute Gasteiger partial charge is 0.221 e. The van der Waals surface area contributed by atoms with Crippen molar-refractivity contribution in [3.63, 3.8) is 0 Å². The number of benzene rings is 1. The van der Waals surface area contributed by atoms with E-state index in [0.717, 1.165) is 23.0 Å². The highest BCUT2D eigenvalue weighted by Gasteiger charge is 2.11. The van der Waals surface area contributed by atoms with Crippen LogP contribution in [-0.4, -0.2) is 17.6 Å². The highest BCUT2D eigenvalue weighted by atomic mass is 16.5. The van der Waals surface area contributed by atoms with Crippen molar-refractivity contribution < 1.29 is 4.74 Å². The zero-order valence-electron chi connectivity index (χ0n) is 11.4. The lowest BCUT2D eigenvalue weighted by Gasteiger charge is -2.20. The minimum atomic E-state index is 0.0839. The Morgan fingerprint density at radius 3 is 2.61 bits per heavy atom. The standard InChI is InChI=1S/C15H20N2O/c1-15(2,3)16-10-12-9-11-7-5-6-8-13(11)14(17-12)18-4/h5-9,16H,10H2,1-4H3. The van der Waals surface area contributed by atoms with Crippen LogP contribution in [0.1, 0.15) is 26.5 Å². The molecule has 0 atom stereocenters. The van der Waals surface area contributed by atoms with Crippen molar-refractivity contribution in [3.8, 4) is 5.88 Å². The molecule has 0 aliphatic rings. The van der Waals surface area contributed by atoms with E-state index in [2.05, 4.69) is 43.2 Å². The van der Waals surface area contributed by atoms with Gasteiger partial charge in [-0.1, -0.05) is 18.2 Å². The molecule has 0 aliphatic carbocycles. The highest BCUT2D eigenvalue weighted by molar-refractivity contribution is 5.87. The first-order valence-electron chi connectivity index (χ1n) is 6.17. The largest absolute Gasteiger partial charge is 0.481 e. The quantitative estimate of drug-likeness (QED) is 0.900. The molecule has 0 spiro atoms. The van der Waals surface area contributed by atoms with Gasteiger partial charge in [-0.3, -0.25) is 0 Å². The van der Waals surface area contributed by atoms with Crippen molar-refractivity contribution in [2.75, 3.05) is 7.11 Å². The lowest BCUT2D eigenvalue weighted by Crippen LogP contribution is -2.35. The molecule has 0 aliphatic heterocycles. The zero-order chi connectivity index (χ0) is 13.2. The van der Waals surface area contributed by atoms with E-state index in [-0.39, 0.29) is 5.54 Å². The van der Waals surface area contributed by atoms with E-state index >= 15 is 0 Å². The normalized spacial score (nSPS) is 11.8. The summed E-state index contributed by atoms with van der Waals surface area (Å²) >= 11 is 0. The van der Waals surface area contributed by atoms with E-state index < -0.39 is 0 Å². The molecule has 1 heterocycles. The second-order valence-corrected chi connectivity index (χ2v) is 5.45. The van der Waals surface area contributed by atoms with Crippen molar-refractivity contribution >= 4 is 10.8 Å². The summed E-state index contributed by atoms with van der Waals surface area (Å²) < 4.78 is 5.36. The van der Waals surface area contributed by atoms with Gasteiger partial charge < -0.3 is 10.1 Å². The molecule has 0 unspecified atom stereocenters. The van der Waals surface area contributed by atoms with Gasteiger partial charge in [-0.15, -0.1) is 0 Å². The van der Waals surface area contributed by atoms with Crippen LogP contribution in [0.4, 0.5) is 0 Å². The van der Waals surface area contributed by atoms with Gasteiger partial charge in [0.15, 0.2) is 0 Å². The van der Waals surface area contributed by atoms with Crippen LogP contribution in [0.15, 0.2) is 30.3 Å². The molecule has 0 bridgehead atoms. The Morgan fingerprint density at radius 2 is 1.94 bits per heavy atom. The summed E-state index contributed by atoms with van der Waals surface area (Å²) in [4.78, 5) is 4.54. The van der Waals surface area contributed by atoms with E-state index in [0.29, 0.717) is 5.88 Å². The SMILES string of the molecule is COc1nc(CNC(C)(C)C)cc2ccccc12. The molecule has 0 radical (unpaired) electrons. The molecule has 0 saturated heterocycles. The number of methoxy groups -OCH3 is 1. The van der Waals surface area contributed by atoms with Gasteiger partial charge in [-0.05, 0) is 38.3 Å². The Balaban J connectivity index is 2.35. The van der Waals surface area contributed by atoms with E-state index in [9.17, 15) is 0 Å². The number of rotatable bonds is 3. The monoisotopic (exact) mass is 244 g/mol. The molecular weight excluding hydrogens is 224 g/mol. The van der Waals surface area contributed by atoms with Crippen molar-refractivity contribution in [3.05, 3.63) is 36.0 Å². The van der Waals surface area contributed by atoms with Gasteiger partial charge in [0.1, 0.15) is 0 Å². The van der Waals surface area contributed by atoms with Crippen LogP contribution < -0.4 is 10.1 Å². The van der Waals surface area contributed by atoms with Gasteiger partial charge in [-0.25, -0.2) is 4.98 Å². The Hall–Kier alpha value is -1.61. The fourth-order valence-electron chi connectivity index (χ4n) is 1.82. The fraction of sp³-hybridized carbons (Fsp3) is 0.400. The molecule has 0 saturated carbocycles. The van der Waals surface area contributed by atoms with E-state index in [4.69, 9.17) is 4.74 Å². The molecule has 0 fully saturated rings. The average Bonchev–Trinajstić information content (AvgIpc) is 2.34. The lowest BCUT2D eigenvalue weighted by atomic mass is 10.1. The third-order valence-electron chi connectivity index (χ3n) is 2.75. The first-order chi connectivity index (χ1) is 8.49. The fourth-order valence-corrected chi connectivity index (χ4v) is 1.82. The summed E-state index contributed by atoms with van der Waals surface area (Å²) in [6.45, 7) is 7.17. The zero-order valence-corrected chi connectivity index (χ0v) is 11.4. The molecule has 96 valence electrons. The van der Waals surface area contributed by atoms with Gasteiger partial charge in [-0.2, -0.15) is 0 Å². The van der Waals surface area contributed by atoms with Crippen molar-refractivity contribution in [1.82, 2.24) is 10.3 Å². The molecule has 2 rings (SSSR count). The number of ether oxygens (including phenoxy) is 1. The van der Waals surface area contributed by atoms with Gasteiger partial charge >= 0.3 is 0 Å². The Bertz CT molecular complexity index is 544. The van der Waals surface area contributed by atoms with Crippen LogP contribution in [0.2, 0.25) is 0 Å². The van der Waals surface area contributed by atoms with Gasteiger partial charge in [0.25, 0.3) is 0 Å². The number of aromatic nitrogens is 1. The Morgan fingerprint density at radius 1 is 1.22 bits per heavy atom. The summed E-state index contributed by atoms with van der Waals surface area (Å²) in [7, 11) is 1.66. The van der Waals surface area contributed by atoms with Crippen LogP contribution in [0.25, 0.3) is 10.8 Å². The van der Waals surface area contributed by atoms with Gasteiger partial charge in [0.2, 0.25) is 5.88 Å². The molecule has 2 aromatic rings. The molecule has 1 aromatic carbocycles. The van der Waals surface area contributed by atoms with Crippen molar-refractivity contribution in [2.45, 2.75) is 32.9 Å². The third-order valence-corrected chi connectivity index (χ3v) is 2.75. The predicted molar refractivity (Wildman–Crippen MR) is 74.9 cm³/mol. The number of nitrogens with zero attached hydrogens (tertiary/aromatic N) is 1. The topological polar surface area (TPSA) is 34.1 Å². The Labute approximate surface area is 108 Å². The summed E-state index contributed by atoms with van der Waals surface area (Å²) in [6.07, 6.45) is 0. The predicted octanol–water partition coefficient (Wildman–Crippen LogP) is 3.13. The van der Waals surface area contributed by atoms with E-state index in [1.807, 2.05) is 18.2 Å². The number of hydrogen-bond acceptors (Lipinski definition) is 3. The summed E-state index contributed by atoms with van der Waals surface area (Å²) in [5, 5.41) is 5.65. The summed E-state index contributed by atoms with van der Waals surface area (Å²) in [5.74, 6) is 0.693.